The second-order valence-electron chi connectivity index (χ2n) is 6.03. The molecular weight excluding hydrogens is 270 g/mol. The molecule has 1 aliphatic rings. The summed E-state index contributed by atoms with van der Waals surface area (Å²) in [6.07, 6.45) is 5.19. The van der Waals surface area contributed by atoms with Crippen LogP contribution >= 0.6 is 0 Å². The van der Waals surface area contributed by atoms with Gasteiger partial charge in [0.25, 0.3) is 0 Å². The van der Waals surface area contributed by atoms with Crippen LogP contribution in [0.15, 0.2) is 48.8 Å². The van der Waals surface area contributed by atoms with E-state index in [0.29, 0.717) is 6.04 Å². The minimum atomic E-state index is 0.337. The molecule has 0 fully saturated rings. The molecule has 1 heterocycles. The largest absolute Gasteiger partial charge is 0.363 e. The molecule has 1 unspecified atom stereocenters. The molecule has 3 aromatic rings. The maximum absolute atomic E-state index is 4.49. The Morgan fingerprint density at radius 3 is 2.95 bits per heavy atom. The second kappa shape index (κ2) is 5.41. The number of hydrogen-bond donors (Lipinski definition) is 1. The minimum Gasteiger partial charge on any atom is -0.363 e. The Labute approximate surface area is 130 Å². The average molecular weight is 289 g/mol. The number of nitrogens with zero attached hydrogens (tertiary/aromatic N) is 2. The number of aryl methyl sites for hydroxylation is 2. The van der Waals surface area contributed by atoms with Crippen molar-refractivity contribution < 1.29 is 0 Å². The smallest absolute Gasteiger partial charge is 0.137 e. The van der Waals surface area contributed by atoms with Crippen molar-refractivity contribution in [3.63, 3.8) is 0 Å². The first kappa shape index (κ1) is 13.3. The number of fused-ring (bicyclic) bond motifs is 2. The van der Waals surface area contributed by atoms with Crippen molar-refractivity contribution in [2.45, 2.75) is 32.2 Å². The van der Waals surface area contributed by atoms with Gasteiger partial charge < -0.3 is 5.32 Å². The van der Waals surface area contributed by atoms with Gasteiger partial charge in [0.1, 0.15) is 12.1 Å². The summed E-state index contributed by atoms with van der Waals surface area (Å²) >= 11 is 0. The van der Waals surface area contributed by atoms with Gasteiger partial charge in [0, 0.05) is 5.39 Å². The third-order valence-electron chi connectivity index (χ3n) is 4.47. The van der Waals surface area contributed by atoms with Gasteiger partial charge in [-0.2, -0.15) is 0 Å². The lowest BCUT2D eigenvalue weighted by Crippen LogP contribution is -2.18. The van der Waals surface area contributed by atoms with E-state index in [4.69, 9.17) is 0 Å². The van der Waals surface area contributed by atoms with Crippen molar-refractivity contribution in [2.75, 3.05) is 5.32 Å². The molecule has 0 radical (unpaired) electrons. The van der Waals surface area contributed by atoms with Gasteiger partial charge in [0.2, 0.25) is 0 Å². The van der Waals surface area contributed by atoms with Crippen LogP contribution in [0.25, 0.3) is 10.9 Å². The van der Waals surface area contributed by atoms with Crippen molar-refractivity contribution in [3.05, 3.63) is 65.5 Å². The van der Waals surface area contributed by atoms with Crippen molar-refractivity contribution >= 4 is 16.7 Å². The Kier molecular flexibility index (Phi) is 3.26. The monoisotopic (exact) mass is 289 g/mol. The fourth-order valence-corrected chi connectivity index (χ4v) is 3.35. The zero-order valence-corrected chi connectivity index (χ0v) is 12.7. The van der Waals surface area contributed by atoms with E-state index in [1.165, 1.54) is 29.5 Å². The first-order valence-electron chi connectivity index (χ1n) is 7.87. The summed E-state index contributed by atoms with van der Waals surface area (Å²) < 4.78 is 0. The second-order valence-corrected chi connectivity index (χ2v) is 6.03. The van der Waals surface area contributed by atoms with E-state index in [2.05, 4.69) is 64.7 Å². The number of aromatic nitrogens is 2. The molecule has 110 valence electrons. The maximum Gasteiger partial charge on any atom is 0.137 e. The normalized spacial score (nSPS) is 17.2. The zero-order chi connectivity index (χ0) is 14.9. The summed E-state index contributed by atoms with van der Waals surface area (Å²) in [5, 5.41) is 4.76. The van der Waals surface area contributed by atoms with Crippen molar-refractivity contribution in [1.29, 1.82) is 0 Å². The van der Waals surface area contributed by atoms with E-state index in [-0.39, 0.29) is 0 Å². The fraction of sp³-hybridized carbons (Fsp3) is 0.263. The lowest BCUT2D eigenvalue weighted by molar-refractivity contribution is 0.599. The number of nitrogens with one attached hydrogen (secondary N) is 1. The molecule has 3 heteroatoms. The van der Waals surface area contributed by atoms with Gasteiger partial charge in [-0.1, -0.05) is 35.9 Å². The van der Waals surface area contributed by atoms with Crippen LogP contribution in [0.1, 0.15) is 35.6 Å². The van der Waals surface area contributed by atoms with Crippen molar-refractivity contribution in [2.24, 2.45) is 0 Å². The van der Waals surface area contributed by atoms with E-state index in [1.807, 2.05) is 0 Å². The summed E-state index contributed by atoms with van der Waals surface area (Å²) in [6.45, 7) is 2.10. The van der Waals surface area contributed by atoms with Gasteiger partial charge in [0.05, 0.1) is 11.6 Å². The molecule has 22 heavy (non-hydrogen) atoms. The van der Waals surface area contributed by atoms with Crippen molar-refractivity contribution in [1.82, 2.24) is 9.97 Å². The molecule has 1 aromatic heterocycles. The van der Waals surface area contributed by atoms with E-state index < -0.39 is 0 Å². The summed E-state index contributed by atoms with van der Waals surface area (Å²) in [4.78, 5) is 8.86. The van der Waals surface area contributed by atoms with Crippen LogP contribution in [-0.2, 0) is 6.42 Å². The van der Waals surface area contributed by atoms with Gasteiger partial charge >= 0.3 is 0 Å². The summed E-state index contributed by atoms with van der Waals surface area (Å²) in [5.74, 6) is 0.940. The van der Waals surface area contributed by atoms with Crippen LogP contribution in [0.5, 0.6) is 0 Å². The third kappa shape index (κ3) is 2.33. The van der Waals surface area contributed by atoms with Crippen LogP contribution in [-0.4, -0.2) is 9.97 Å². The highest BCUT2D eigenvalue weighted by Gasteiger charge is 2.20. The van der Waals surface area contributed by atoms with Crippen LogP contribution in [0.4, 0.5) is 5.82 Å². The first-order valence-corrected chi connectivity index (χ1v) is 7.87. The standard InChI is InChI=1S/C19H19N3/c1-13-9-10-17-16(11-13)19(21-12-20-17)22-18-8-4-6-14-5-2-3-7-15(14)18/h2-3,5,7,9-12,18H,4,6,8H2,1H3,(H,20,21,22). The highest BCUT2D eigenvalue weighted by atomic mass is 15.0. The fourth-order valence-electron chi connectivity index (χ4n) is 3.35. The lowest BCUT2D eigenvalue weighted by Gasteiger charge is -2.27. The number of rotatable bonds is 2. The molecule has 0 saturated carbocycles. The van der Waals surface area contributed by atoms with Crippen LogP contribution in [0, 0.1) is 6.92 Å². The van der Waals surface area contributed by atoms with E-state index >= 15 is 0 Å². The topological polar surface area (TPSA) is 37.8 Å². The van der Waals surface area contributed by atoms with E-state index in [1.54, 1.807) is 6.33 Å². The molecule has 0 aliphatic heterocycles. The highest BCUT2D eigenvalue weighted by Crippen LogP contribution is 2.33. The SMILES string of the molecule is Cc1ccc2ncnc(NC3CCCc4ccccc43)c2c1. The van der Waals surface area contributed by atoms with Crippen LogP contribution < -0.4 is 5.32 Å². The average Bonchev–Trinajstić information content (AvgIpc) is 2.56. The van der Waals surface area contributed by atoms with Gasteiger partial charge in [-0.25, -0.2) is 9.97 Å². The quantitative estimate of drug-likeness (QED) is 0.758. The maximum atomic E-state index is 4.49. The van der Waals surface area contributed by atoms with Gasteiger partial charge in [-0.3, -0.25) is 0 Å². The molecule has 3 nitrogen and oxygen atoms in total. The molecule has 4 rings (SSSR count). The molecule has 0 spiro atoms. The molecule has 0 amide bonds. The summed E-state index contributed by atoms with van der Waals surface area (Å²) in [7, 11) is 0. The molecular formula is C19H19N3. The number of benzene rings is 2. The predicted molar refractivity (Wildman–Crippen MR) is 90.0 cm³/mol. The Balaban J connectivity index is 1.74. The Bertz CT molecular complexity index is 826. The van der Waals surface area contributed by atoms with E-state index in [0.717, 1.165) is 23.1 Å². The molecule has 1 N–H and O–H groups in total. The molecule has 2 aromatic carbocycles. The third-order valence-corrected chi connectivity index (χ3v) is 4.47. The van der Waals surface area contributed by atoms with Crippen molar-refractivity contribution in [3.8, 4) is 0 Å². The zero-order valence-electron chi connectivity index (χ0n) is 12.7. The van der Waals surface area contributed by atoms with Crippen LogP contribution in [0.3, 0.4) is 0 Å². The predicted octanol–water partition coefficient (Wildman–Crippen LogP) is 4.43. The Morgan fingerprint density at radius 2 is 2.00 bits per heavy atom. The van der Waals surface area contributed by atoms with Gasteiger partial charge in [-0.05, 0) is 49.4 Å². The van der Waals surface area contributed by atoms with E-state index in [9.17, 15) is 0 Å². The molecule has 1 atom stereocenters. The first-order chi connectivity index (χ1) is 10.8. The summed E-state index contributed by atoms with van der Waals surface area (Å²) in [6, 6.07) is 15.4. The lowest BCUT2D eigenvalue weighted by atomic mass is 9.87. The molecule has 1 aliphatic carbocycles. The summed E-state index contributed by atoms with van der Waals surface area (Å²) in [5.41, 5.74) is 5.09. The van der Waals surface area contributed by atoms with Crippen LogP contribution in [0.2, 0.25) is 0 Å². The Morgan fingerprint density at radius 1 is 1.09 bits per heavy atom. The highest BCUT2D eigenvalue weighted by molar-refractivity contribution is 5.89. The van der Waals surface area contributed by atoms with Gasteiger partial charge in [0.15, 0.2) is 0 Å². The Hall–Kier alpha value is -2.42. The molecule has 0 bridgehead atoms. The minimum absolute atomic E-state index is 0.337. The van der Waals surface area contributed by atoms with Gasteiger partial charge in [-0.15, -0.1) is 0 Å². The number of anilines is 1. The molecule has 0 saturated heterocycles. The number of hydrogen-bond acceptors (Lipinski definition) is 3.